The smallest absolute Gasteiger partial charge is 0.0697 e. The number of fused-ring (bicyclic) bond motifs is 1. The minimum Gasteiger partial charge on any atom is -0.375 e. The van der Waals surface area contributed by atoms with Crippen LogP contribution in [0.2, 0.25) is 0 Å². The highest BCUT2D eigenvalue weighted by Gasteiger charge is 2.40. The standard InChI is InChI=1S/C19H27NO/c1-2-6-16-13-17(8-7-15(16)5-1)20-18-9-12-21-19(14-18)10-3-4-11-19/h1-2,5-6,17-18,20H,3-4,7-14H2. The van der Waals surface area contributed by atoms with Crippen LogP contribution in [0.4, 0.5) is 0 Å². The molecule has 0 bridgehead atoms. The lowest BCUT2D eigenvalue weighted by atomic mass is 9.85. The first kappa shape index (κ1) is 13.8. The van der Waals surface area contributed by atoms with Gasteiger partial charge in [-0.2, -0.15) is 0 Å². The second kappa shape index (κ2) is 5.73. The number of nitrogens with one attached hydrogen (secondary N) is 1. The minimum atomic E-state index is 0.239. The average molecular weight is 285 g/mol. The molecule has 0 radical (unpaired) electrons. The molecule has 3 aliphatic rings. The third-order valence-corrected chi connectivity index (χ3v) is 5.83. The van der Waals surface area contributed by atoms with Crippen molar-refractivity contribution in [3.05, 3.63) is 35.4 Å². The normalized spacial score (nSPS) is 31.2. The summed E-state index contributed by atoms with van der Waals surface area (Å²) in [5.74, 6) is 0. The molecular formula is C19H27NO. The molecule has 1 heterocycles. The van der Waals surface area contributed by atoms with E-state index in [0.717, 1.165) is 6.61 Å². The quantitative estimate of drug-likeness (QED) is 0.896. The molecule has 1 aromatic rings. The van der Waals surface area contributed by atoms with Gasteiger partial charge >= 0.3 is 0 Å². The summed E-state index contributed by atoms with van der Waals surface area (Å²) in [6.07, 6.45) is 11.5. The van der Waals surface area contributed by atoms with Crippen LogP contribution in [0.25, 0.3) is 0 Å². The molecule has 1 saturated heterocycles. The highest BCUT2D eigenvalue weighted by atomic mass is 16.5. The molecule has 0 aromatic heterocycles. The van der Waals surface area contributed by atoms with Gasteiger partial charge in [-0.3, -0.25) is 0 Å². The van der Waals surface area contributed by atoms with E-state index in [0.29, 0.717) is 12.1 Å². The first-order chi connectivity index (χ1) is 10.3. The van der Waals surface area contributed by atoms with Crippen molar-refractivity contribution < 1.29 is 4.74 Å². The largest absolute Gasteiger partial charge is 0.375 e. The van der Waals surface area contributed by atoms with E-state index in [9.17, 15) is 0 Å². The van der Waals surface area contributed by atoms with Crippen LogP contribution in [0.1, 0.15) is 56.1 Å². The van der Waals surface area contributed by atoms with Gasteiger partial charge in [-0.05, 0) is 56.1 Å². The molecule has 2 unspecified atom stereocenters. The summed E-state index contributed by atoms with van der Waals surface area (Å²) in [7, 11) is 0. The maximum atomic E-state index is 6.16. The van der Waals surface area contributed by atoms with E-state index in [-0.39, 0.29) is 5.60 Å². The molecule has 1 aliphatic heterocycles. The summed E-state index contributed by atoms with van der Waals surface area (Å²) in [5, 5.41) is 3.97. The summed E-state index contributed by atoms with van der Waals surface area (Å²) in [4.78, 5) is 0. The lowest BCUT2D eigenvalue weighted by molar-refractivity contribution is -0.0848. The zero-order valence-electron chi connectivity index (χ0n) is 12.9. The number of ether oxygens (including phenoxy) is 1. The van der Waals surface area contributed by atoms with Gasteiger partial charge in [0.25, 0.3) is 0 Å². The van der Waals surface area contributed by atoms with Crippen LogP contribution in [0, 0.1) is 0 Å². The Balaban J connectivity index is 1.38. The van der Waals surface area contributed by atoms with E-state index in [1.165, 1.54) is 57.8 Å². The van der Waals surface area contributed by atoms with E-state index in [1.54, 1.807) is 11.1 Å². The van der Waals surface area contributed by atoms with Gasteiger partial charge in [0.15, 0.2) is 0 Å². The fourth-order valence-corrected chi connectivity index (χ4v) is 4.71. The van der Waals surface area contributed by atoms with Crippen molar-refractivity contribution in [2.24, 2.45) is 0 Å². The second-order valence-electron chi connectivity index (χ2n) is 7.30. The first-order valence-corrected chi connectivity index (χ1v) is 8.80. The second-order valence-corrected chi connectivity index (χ2v) is 7.30. The summed E-state index contributed by atoms with van der Waals surface area (Å²) >= 11 is 0. The molecule has 1 spiro atoms. The first-order valence-electron chi connectivity index (χ1n) is 8.80. The lowest BCUT2D eigenvalue weighted by Gasteiger charge is -2.40. The SMILES string of the molecule is c1ccc2c(c1)CCC(NC1CCOC3(CCCC3)C1)C2. The van der Waals surface area contributed by atoms with Crippen molar-refractivity contribution in [3.8, 4) is 0 Å². The van der Waals surface area contributed by atoms with Crippen molar-refractivity contribution in [2.75, 3.05) is 6.61 Å². The van der Waals surface area contributed by atoms with E-state index >= 15 is 0 Å². The van der Waals surface area contributed by atoms with Crippen LogP contribution in [0.3, 0.4) is 0 Å². The van der Waals surface area contributed by atoms with Gasteiger partial charge in [0.05, 0.1) is 5.60 Å². The molecule has 1 aromatic carbocycles. The molecule has 21 heavy (non-hydrogen) atoms. The Kier molecular flexibility index (Phi) is 3.76. The van der Waals surface area contributed by atoms with Crippen molar-refractivity contribution in [1.29, 1.82) is 0 Å². The van der Waals surface area contributed by atoms with Gasteiger partial charge in [0, 0.05) is 18.7 Å². The summed E-state index contributed by atoms with van der Waals surface area (Å²) < 4.78 is 6.16. The lowest BCUT2D eigenvalue weighted by Crippen LogP contribution is -2.49. The third-order valence-electron chi connectivity index (χ3n) is 5.83. The van der Waals surface area contributed by atoms with Gasteiger partial charge in [-0.1, -0.05) is 37.1 Å². The molecule has 114 valence electrons. The van der Waals surface area contributed by atoms with Crippen LogP contribution >= 0.6 is 0 Å². The van der Waals surface area contributed by atoms with Crippen LogP contribution in [-0.4, -0.2) is 24.3 Å². The Labute approximate surface area is 128 Å². The monoisotopic (exact) mass is 285 g/mol. The molecular weight excluding hydrogens is 258 g/mol. The Morgan fingerprint density at radius 2 is 1.81 bits per heavy atom. The maximum absolute atomic E-state index is 6.16. The maximum Gasteiger partial charge on any atom is 0.0697 e. The van der Waals surface area contributed by atoms with Crippen molar-refractivity contribution >= 4 is 0 Å². The minimum absolute atomic E-state index is 0.239. The van der Waals surface area contributed by atoms with Gasteiger partial charge < -0.3 is 10.1 Å². The predicted octanol–water partition coefficient (Wildman–Crippen LogP) is 3.63. The molecule has 1 N–H and O–H groups in total. The third kappa shape index (κ3) is 2.89. The van der Waals surface area contributed by atoms with E-state index in [1.807, 2.05) is 0 Å². The highest BCUT2D eigenvalue weighted by Crippen LogP contribution is 2.40. The zero-order valence-corrected chi connectivity index (χ0v) is 12.9. The summed E-state index contributed by atoms with van der Waals surface area (Å²) in [6.45, 7) is 0.959. The number of hydrogen-bond acceptors (Lipinski definition) is 2. The van der Waals surface area contributed by atoms with Crippen molar-refractivity contribution in [1.82, 2.24) is 5.32 Å². The van der Waals surface area contributed by atoms with E-state index < -0.39 is 0 Å². The Morgan fingerprint density at radius 3 is 2.67 bits per heavy atom. The zero-order chi connectivity index (χ0) is 14.1. The fourth-order valence-electron chi connectivity index (χ4n) is 4.71. The van der Waals surface area contributed by atoms with Crippen molar-refractivity contribution in [2.45, 2.75) is 75.5 Å². The molecule has 2 fully saturated rings. The number of rotatable bonds is 2. The van der Waals surface area contributed by atoms with Gasteiger partial charge in [0.1, 0.15) is 0 Å². The van der Waals surface area contributed by atoms with E-state index in [2.05, 4.69) is 29.6 Å². The predicted molar refractivity (Wildman–Crippen MR) is 85.6 cm³/mol. The van der Waals surface area contributed by atoms with Crippen LogP contribution in [0.15, 0.2) is 24.3 Å². The Hall–Kier alpha value is -0.860. The van der Waals surface area contributed by atoms with Gasteiger partial charge in [-0.15, -0.1) is 0 Å². The summed E-state index contributed by atoms with van der Waals surface area (Å²) in [6, 6.07) is 10.3. The van der Waals surface area contributed by atoms with Crippen LogP contribution in [-0.2, 0) is 17.6 Å². The number of aryl methyl sites for hydroxylation is 1. The molecule has 0 amide bonds. The molecule has 2 atom stereocenters. The average Bonchev–Trinajstić information content (AvgIpc) is 2.95. The molecule has 1 saturated carbocycles. The summed E-state index contributed by atoms with van der Waals surface area (Å²) in [5.41, 5.74) is 3.36. The number of benzene rings is 1. The van der Waals surface area contributed by atoms with Crippen molar-refractivity contribution in [3.63, 3.8) is 0 Å². The van der Waals surface area contributed by atoms with Crippen LogP contribution < -0.4 is 5.32 Å². The van der Waals surface area contributed by atoms with E-state index in [4.69, 9.17) is 4.74 Å². The molecule has 4 rings (SSSR count). The molecule has 2 heteroatoms. The molecule has 2 nitrogen and oxygen atoms in total. The number of hydrogen-bond donors (Lipinski definition) is 1. The fraction of sp³-hybridized carbons (Fsp3) is 0.684. The van der Waals surface area contributed by atoms with Gasteiger partial charge in [-0.25, -0.2) is 0 Å². The van der Waals surface area contributed by atoms with Gasteiger partial charge in [0.2, 0.25) is 0 Å². The molecule has 2 aliphatic carbocycles. The topological polar surface area (TPSA) is 21.3 Å². The van der Waals surface area contributed by atoms with Crippen LogP contribution in [0.5, 0.6) is 0 Å². The Bertz CT molecular complexity index is 492. The Morgan fingerprint density at radius 1 is 1.00 bits per heavy atom. The highest BCUT2D eigenvalue weighted by molar-refractivity contribution is 5.30.